The van der Waals surface area contributed by atoms with Crippen molar-refractivity contribution in [1.29, 1.82) is 0 Å². The monoisotopic (exact) mass is 595 g/mol. The van der Waals surface area contributed by atoms with Crippen molar-refractivity contribution in [3.05, 3.63) is 12.2 Å². The lowest BCUT2D eigenvalue weighted by molar-refractivity contribution is -0.161. The number of aliphatic hydroxyl groups excluding tert-OH is 1. The molecule has 248 valence electrons. The van der Waals surface area contributed by atoms with E-state index in [1.807, 2.05) is 0 Å². The third-order valence-electron chi connectivity index (χ3n) is 8.06. The zero-order valence-corrected chi connectivity index (χ0v) is 28.0. The Morgan fingerprint density at radius 2 is 0.881 bits per heavy atom. The SMILES string of the molecule is CCCCCCCC/C=C/CCCCCCCCCCCCCC(=O)O[C@@H](CO)COC(=O)CCCCCCCCC. The molecule has 0 saturated carbocycles. The van der Waals surface area contributed by atoms with Crippen LogP contribution in [0.1, 0.15) is 194 Å². The topological polar surface area (TPSA) is 72.8 Å². The van der Waals surface area contributed by atoms with Crippen molar-refractivity contribution in [2.75, 3.05) is 13.2 Å². The molecule has 0 aromatic rings. The fourth-order valence-corrected chi connectivity index (χ4v) is 5.25. The Bertz CT molecular complexity index is 603. The molecule has 0 radical (unpaired) electrons. The molecule has 0 aliphatic rings. The molecule has 0 aliphatic heterocycles. The van der Waals surface area contributed by atoms with Crippen LogP contribution in [0, 0.1) is 0 Å². The van der Waals surface area contributed by atoms with Gasteiger partial charge in [0.1, 0.15) is 6.61 Å². The summed E-state index contributed by atoms with van der Waals surface area (Å²) in [6, 6.07) is 0. The minimum absolute atomic E-state index is 0.0616. The quantitative estimate of drug-likeness (QED) is 0.0465. The standard InChI is InChI=1S/C37H70O5/c1-3-5-7-9-11-12-13-14-15-16-17-18-19-20-21-22-23-24-26-28-30-32-37(40)42-35(33-38)34-41-36(39)31-29-27-25-10-8-6-4-2/h14-15,35,38H,3-13,16-34H2,1-2H3/b15-14+/t35-/m0/s1. The van der Waals surface area contributed by atoms with Gasteiger partial charge in [0, 0.05) is 12.8 Å². The zero-order valence-electron chi connectivity index (χ0n) is 28.0. The summed E-state index contributed by atoms with van der Waals surface area (Å²) >= 11 is 0. The number of unbranched alkanes of at least 4 members (excludes halogenated alkanes) is 23. The van der Waals surface area contributed by atoms with Gasteiger partial charge in [-0.15, -0.1) is 0 Å². The van der Waals surface area contributed by atoms with E-state index < -0.39 is 6.10 Å². The van der Waals surface area contributed by atoms with Crippen molar-refractivity contribution in [2.24, 2.45) is 0 Å². The van der Waals surface area contributed by atoms with Crippen molar-refractivity contribution < 1.29 is 24.2 Å². The number of esters is 2. The third kappa shape index (κ3) is 31.6. The Morgan fingerprint density at radius 1 is 0.524 bits per heavy atom. The second kappa shape index (κ2) is 34.1. The van der Waals surface area contributed by atoms with E-state index in [1.54, 1.807) is 0 Å². The fraction of sp³-hybridized carbons (Fsp3) is 0.892. The predicted octanol–water partition coefficient (Wildman–Crippen LogP) is 11.0. The minimum atomic E-state index is -0.762. The van der Waals surface area contributed by atoms with E-state index in [-0.39, 0.29) is 25.2 Å². The smallest absolute Gasteiger partial charge is 0.306 e. The molecule has 5 nitrogen and oxygen atoms in total. The summed E-state index contributed by atoms with van der Waals surface area (Å²) in [7, 11) is 0. The first kappa shape index (κ1) is 40.6. The van der Waals surface area contributed by atoms with Gasteiger partial charge in [0.2, 0.25) is 0 Å². The van der Waals surface area contributed by atoms with Gasteiger partial charge < -0.3 is 14.6 Å². The molecule has 0 aromatic heterocycles. The van der Waals surface area contributed by atoms with Crippen LogP contribution in [0.5, 0.6) is 0 Å². The molecule has 0 heterocycles. The number of carbonyl (C=O) groups is 2. The van der Waals surface area contributed by atoms with E-state index in [1.165, 1.54) is 128 Å². The largest absolute Gasteiger partial charge is 0.462 e. The minimum Gasteiger partial charge on any atom is -0.462 e. The number of ether oxygens (including phenoxy) is 2. The highest BCUT2D eigenvalue weighted by Crippen LogP contribution is 2.14. The molecule has 0 aliphatic carbocycles. The maximum Gasteiger partial charge on any atom is 0.306 e. The first-order valence-electron chi connectivity index (χ1n) is 18.2. The van der Waals surface area contributed by atoms with Gasteiger partial charge in [-0.05, 0) is 38.5 Å². The Labute approximate surface area is 261 Å². The van der Waals surface area contributed by atoms with E-state index in [9.17, 15) is 14.7 Å². The lowest BCUT2D eigenvalue weighted by atomic mass is 10.0. The Hall–Kier alpha value is -1.36. The molecule has 0 spiro atoms. The number of carbonyl (C=O) groups excluding carboxylic acids is 2. The lowest BCUT2D eigenvalue weighted by Gasteiger charge is -2.15. The van der Waals surface area contributed by atoms with E-state index in [4.69, 9.17) is 9.47 Å². The maximum atomic E-state index is 12.1. The number of aliphatic hydroxyl groups is 1. The molecule has 0 bridgehead atoms. The van der Waals surface area contributed by atoms with Crippen molar-refractivity contribution >= 4 is 11.9 Å². The molecule has 1 atom stereocenters. The van der Waals surface area contributed by atoms with Crippen LogP contribution in [0.15, 0.2) is 12.2 Å². The molecular weight excluding hydrogens is 524 g/mol. The number of allylic oxidation sites excluding steroid dienone is 2. The normalized spacial score (nSPS) is 12.2. The number of hydrogen-bond acceptors (Lipinski definition) is 5. The van der Waals surface area contributed by atoms with E-state index in [2.05, 4.69) is 26.0 Å². The first-order valence-corrected chi connectivity index (χ1v) is 18.2. The van der Waals surface area contributed by atoms with Crippen molar-refractivity contribution in [2.45, 2.75) is 200 Å². The van der Waals surface area contributed by atoms with Gasteiger partial charge in [-0.25, -0.2) is 0 Å². The van der Waals surface area contributed by atoms with Gasteiger partial charge >= 0.3 is 11.9 Å². The lowest BCUT2D eigenvalue weighted by Crippen LogP contribution is -2.28. The summed E-state index contributed by atoms with van der Waals surface area (Å²) in [5.74, 6) is -0.592. The summed E-state index contributed by atoms with van der Waals surface area (Å²) in [6.07, 6.45) is 37.2. The van der Waals surface area contributed by atoms with Crippen molar-refractivity contribution in [3.63, 3.8) is 0 Å². The van der Waals surface area contributed by atoms with Crippen LogP contribution in [0.25, 0.3) is 0 Å². The van der Waals surface area contributed by atoms with Crippen LogP contribution in [-0.4, -0.2) is 36.4 Å². The Kier molecular flexibility index (Phi) is 33.0. The van der Waals surface area contributed by atoms with Crippen LogP contribution in [-0.2, 0) is 19.1 Å². The van der Waals surface area contributed by atoms with Crippen LogP contribution in [0.3, 0.4) is 0 Å². The van der Waals surface area contributed by atoms with Crippen LogP contribution in [0.4, 0.5) is 0 Å². The summed E-state index contributed by atoms with van der Waals surface area (Å²) in [5, 5.41) is 9.48. The number of rotatable bonds is 33. The molecule has 0 unspecified atom stereocenters. The molecule has 5 heteroatoms. The van der Waals surface area contributed by atoms with E-state index >= 15 is 0 Å². The van der Waals surface area contributed by atoms with Crippen molar-refractivity contribution in [1.82, 2.24) is 0 Å². The highest BCUT2D eigenvalue weighted by atomic mass is 16.6. The highest BCUT2D eigenvalue weighted by molar-refractivity contribution is 5.70. The van der Waals surface area contributed by atoms with Gasteiger partial charge in [-0.2, -0.15) is 0 Å². The summed E-state index contributed by atoms with van der Waals surface area (Å²) in [5.41, 5.74) is 0. The molecule has 0 amide bonds. The third-order valence-corrected chi connectivity index (χ3v) is 8.06. The van der Waals surface area contributed by atoms with E-state index in [0.717, 1.165) is 38.5 Å². The first-order chi connectivity index (χ1) is 20.6. The molecule has 0 fully saturated rings. The van der Waals surface area contributed by atoms with Crippen LogP contribution in [0.2, 0.25) is 0 Å². The number of hydrogen-bond donors (Lipinski definition) is 1. The Morgan fingerprint density at radius 3 is 1.29 bits per heavy atom. The van der Waals surface area contributed by atoms with Crippen LogP contribution >= 0.6 is 0 Å². The van der Waals surface area contributed by atoms with Crippen LogP contribution < -0.4 is 0 Å². The van der Waals surface area contributed by atoms with Gasteiger partial charge in [-0.3, -0.25) is 9.59 Å². The van der Waals surface area contributed by atoms with Gasteiger partial charge in [0.25, 0.3) is 0 Å². The maximum absolute atomic E-state index is 12.1. The molecule has 0 saturated heterocycles. The molecule has 1 N–H and O–H groups in total. The Balaban J connectivity index is 3.47. The fourth-order valence-electron chi connectivity index (χ4n) is 5.25. The van der Waals surface area contributed by atoms with Gasteiger partial charge in [-0.1, -0.05) is 154 Å². The molecule has 0 rings (SSSR count). The van der Waals surface area contributed by atoms with Gasteiger partial charge in [0.05, 0.1) is 6.61 Å². The average molecular weight is 595 g/mol. The highest BCUT2D eigenvalue weighted by Gasteiger charge is 2.16. The zero-order chi connectivity index (χ0) is 30.8. The van der Waals surface area contributed by atoms with Gasteiger partial charge in [0.15, 0.2) is 6.10 Å². The molecular formula is C37H70O5. The molecule has 0 aromatic carbocycles. The van der Waals surface area contributed by atoms with Crippen molar-refractivity contribution in [3.8, 4) is 0 Å². The summed E-state index contributed by atoms with van der Waals surface area (Å²) < 4.78 is 10.5. The second-order valence-corrected chi connectivity index (χ2v) is 12.3. The van der Waals surface area contributed by atoms with E-state index in [0.29, 0.717) is 12.8 Å². The summed E-state index contributed by atoms with van der Waals surface area (Å²) in [6.45, 7) is 4.09. The molecule has 42 heavy (non-hydrogen) atoms. The second-order valence-electron chi connectivity index (χ2n) is 12.3. The average Bonchev–Trinajstić information content (AvgIpc) is 2.99. The predicted molar refractivity (Wildman–Crippen MR) is 178 cm³/mol. The summed E-state index contributed by atoms with van der Waals surface area (Å²) in [4.78, 5) is 24.0.